The number of rotatable bonds is 7. The van der Waals surface area contributed by atoms with Crippen molar-refractivity contribution in [2.75, 3.05) is 26.8 Å². The molecule has 0 bridgehead atoms. The molecule has 2 aromatic carbocycles. The molecule has 1 aliphatic heterocycles. The first-order valence-electron chi connectivity index (χ1n) is 10.9. The number of hydrogen-bond acceptors (Lipinski definition) is 7. The van der Waals surface area contributed by atoms with E-state index >= 15 is 0 Å². The summed E-state index contributed by atoms with van der Waals surface area (Å²) >= 11 is 1.56. The van der Waals surface area contributed by atoms with Crippen molar-refractivity contribution < 1.29 is 9.47 Å². The fourth-order valence-corrected chi connectivity index (χ4v) is 5.02. The zero-order chi connectivity index (χ0) is 22.7. The quantitative estimate of drug-likeness (QED) is 0.515. The summed E-state index contributed by atoms with van der Waals surface area (Å²) in [4.78, 5) is 2.44. The Bertz CT molecular complexity index is 1150. The molecule has 0 N–H and O–H groups in total. The highest BCUT2D eigenvalue weighted by Crippen LogP contribution is 2.36. The standard InChI is InChI=1S/C25H28N4O2S/c1-16(2)31-23-8-6-18(13-20(23)14-26)24-27-28-25(32-24)22-7-5-19-15-29(11-12-30-4)10-9-21(19)17(22)3/h5-8,13,16H,9-12,15H2,1-4H3. The topological polar surface area (TPSA) is 71.3 Å². The molecular formula is C25H28N4O2S. The van der Waals surface area contributed by atoms with Gasteiger partial charge in [0, 0.05) is 37.9 Å². The summed E-state index contributed by atoms with van der Waals surface area (Å²) in [6.07, 6.45) is 1.05. The van der Waals surface area contributed by atoms with Gasteiger partial charge in [-0.05, 0) is 62.1 Å². The lowest BCUT2D eigenvalue weighted by molar-refractivity contribution is 0.140. The van der Waals surface area contributed by atoms with Crippen LogP contribution in [-0.4, -0.2) is 48.0 Å². The number of nitrogens with zero attached hydrogens (tertiary/aromatic N) is 4. The molecule has 6 nitrogen and oxygen atoms in total. The maximum atomic E-state index is 9.53. The van der Waals surface area contributed by atoms with Crippen molar-refractivity contribution in [3.05, 3.63) is 52.6 Å². The smallest absolute Gasteiger partial charge is 0.148 e. The van der Waals surface area contributed by atoms with Gasteiger partial charge in [0.1, 0.15) is 21.8 Å². The molecule has 166 valence electrons. The lowest BCUT2D eigenvalue weighted by atomic mass is 9.92. The summed E-state index contributed by atoms with van der Waals surface area (Å²) in [5.74, 6) is 0.598. The van der Waals surface area contributed by atoms with Gasteiger partial charge in [-0.3, -0.25) is 4.90 Å². The van der Waals surface area contributed by atoms with Crippen LogP contribution in [0.4, 0.5) is 0 Å². The Labute approximate surface area is 193 Å². The molecule has 0 aliphatic carbocycles. The minimum atomic E-state index is 0.0140. The van der Waals surface area contributed by atoms with Crippen molar-refractivity contribution in [1.82, 2.24) is 15.1 Å². The second-order valence-corrected chi connectivity index (χ2v) is 9.27. The third kappa shape index (κ3) is 4.68. The molecule has 4 rings (SSSR count). The normalized spacial score (nSPS) is 13.8. The lowest BCUT2D eigenvalue weighted by Gasteiger charge is -2.30. The lowest BCUT2D eigenvalue weighted by Crippen LogP contribution is -2.33. The molecular weight excluding hydrogens is 420 g/mol. The molecule has 1 aliphatic rings. The van der Waals surface area contributed by atoms with Crippen LogP contribution in [0.3, 0.4) is 0 Å². The van der Waals surface area contributed by atoms with Crippen molar-refractivity contribution in [2.45, 2.75) is 39.8 Å². The van der Waals surface area contributed by atoms with Gasteiger partial charge in [-0.15, -0.1) is 10.2 Å². The Morgan fingerprint density at radius 1 is 1.19 bits per heavy atom. The summed E-state index contributed by atoms with van der Waals surface area (Å²) in [5, 5.41) is 20.1. The van der Waals surface area contributed by atoms with E-state index in [4.69, 9.17) is 9.47 Å². The monoisotopic (exact) mass is 448 g/mol. The van der Waals surface area contributed by atoms with Gasteiger partial charge in [-0.2, -0.15) is 5.26 Å². The molecule has 2 heterocycles. The number of ether oxygens (including phenoxy) is 2. The van der Waals surface area contributed by atoms with Gasteiger partial charge in [-0.1, -0.05) is 23.5 Å². The maximum absolute atomic E-state index is 9.53. The molecule has 0 radical (unpaired) electrons. The Balaban J connectivity index is 1.59. The van der Waals surface area contributed by atoms with E-state index in [9.17, 15) is 5.26 Å². The van der Waals surface area contributed by atoms with E-state index in [-0.39, 0.29) is 6.10 Å². The van der Waals surface area contributed by atoms with Crippen molar-refractivity contribution in [3.8, 4) is 33.0 Å². The highest BCUT2D eigenvalue weighted by atomic mass is 32.1. The summed E-state index contributed by atoms with van der Waals surface area (Å²) in [6.45, 7) is 9.81. The molecule has 0 amide bonds. The highest BCUT2D eigenvalue weighted by Gasteiger charge is 2.21. The van der Waals surface area contributed by atoms with E-state index in [1.165, 1.54) is 16.7 Å². The largest absolute Gasteiger partial charge is 0.490 e. The molecule has 0 unspecified atom stereocenters. The number of nitriles is 1. The van der Waals surface area contributed by atoms with E-state index in [0.29, 0.717) is 11.3 Å². The van der Waals surface area contributed by atoms with E-state index in [0.717, 1.165) is 53.8 Å². The van der Waals surface area contributed by atoms with Crippen molar-refractivity contribution >= 4 is 11.3 Å². The van der Waals surface area contributed by atoms with E-state index < -0.39 is 0 Å². The van der Waals surface area contributed by atoms with E-state index in [2.05, 4.69) is 40.2 Å². The second kappa shape index (κ2) is 9.78. The third-order valence-corrected chi connectivity index (χ3v) is 6.75. The summed E-state index contributed by atoms with van der Waals surface area (Å²) in [7, 11) is 1.75. The van der Waals surface area contributed by atoms with Crippen LogP contribution in [-0.2, 0) is 17.7 Å². The van der Waals surface area contributed by atoms with Crippen molar-refractivity contribution in [1.29, 1.82) is 5.26 Å². The third-order valence-electron chi connectivity index (χ3n) is 5.74. The number of methoxy groups -OCH3 is 1. The Hall–Kier alpha value is -2.79. The highest BCUT2D eigenvalue weighted by molar-refractivity contribution is 7.17. The van der Waals surface area contributed by atoms with Crippen LogP contribution in [0.25, 0.3) is 21.1 Å². The Morgan fingerprint density at radius 2 is 2.00 bits per heavy atom. The van der Waals surface area contributed by atoms with Crippen LogP contribution in [0.5, 0.6) is 5.75 Å². The number of benzene rings is 2. The predicted molar refractivity (Wildman–Crippen MR) is 127 cm³/mol. The SMILES string of the molecule is COCCN1CCc2c(ccc(-c3nnc(-c4ccc(OC(C)C)c(C#N)c4)s3)c2C)C1. The van der Waals surface area contributed by atoms with Crippen molar-refractivity contribution in [3.63, 3.8) is 0 Å². The maximum Gasteiger partial charge on any atom is 0.148 e. The molecule has 32 heavy (non-hydrogen) atoms. The Morgan fingerprint density at radius 3 is 2.75 bits per heavy atom. The van der Waals surface area contributed by atoms with Gasteiger partial charge >= 0.3 is 0 Å². The first kappa shape index (κ1) is 22.4. The summed E-state index contributed by atoms with van der Waals surface area (Å²) in [5.41, 5.74) is 6.63. The van der Waals surface area contributed by atoms with Crippen LogP contribution in [0.2, 0.25) is 0 Å². The average molecular weight is 449 g/mol. The minimum absolute atomic E-state index is 0.0140. The van der Waals surface area contributed by atoms with Gasteiger partial charge in [0.2, 0.25) is 0 Å². The fraction of sp³-hybridized carbons (Fsp3) is 0.400. The molecule has 3 aromatic rings. The summed E-state index contributed by atoms with van der Waals surface area (Å²) in [6, 6.07) is 12.2. The molecule has 0 saturated carbocycles. The number of aromatic nitrogens is 2. The van der Waals surface area contributed by atoms with Crippen LogP contribution in [0.1, 0.15) is 36.1 Å². The van der Waals surface area contributed by atoms with E-state index in [1.54, 1.807) is 18.4 Å². The van der Waals surface area contributed by atoms with Crippen LogP contribution >= 0.6 is 11.3 Å². The van der Waals surface area contributed by atoms with Crippen LogP contribution in [0, 0.1) is 18.3 Å². The van der Waals surface area contributed by atoms with E-state index in [1.807, 2.05) is 32.0 Å². The van der Waals surface area contributed by atoms with Gasteiger partial charge in [0.15, 0.2) is 0 Å². The molecule has 0 spiro atoms. The zero-order valence-electron chi connectivity index (χ0n) is 19.0. The molecule has 0 saturated heterocycles. The predicted octanol–water partition coefficient (Wildman–Crippen LogP) is 4.84. The fourth-order valence-electron chi connectivity index (χ4n) is 4.10. The number of hydrogen-bond donors (Lipinski definition) is 0. The van der Waals surface area contributed by atoms with Gasteiger partial charge in [0.25, 0.3) is 0 Å². The van der Waals surface area contributed by atoms with Crippen molar-refractivity contribution in [2.24, 2.45) is 0 Å². The van der Waals surface area contributed by atoms with Crippen LogP contribution < -0.4 is 4.74 Å². The van der Waals surface area contributed by atoms with Gasteiger partial charge in [0.05, 0.1) is 18.3 Å². The molecule has 0 atom stereocenters. The minimum Gasteiger partial charge on any atom is -0.490 e. The molecule has 0 fully saturated rings. The Kier molecular flexibility index (Phi) is 6.85. The zero-order valence-corrected chi connectivity index (χ0v) is 19.8. The average Bonchev–Trinajstić information content (AvgIpc) is 3.27. The van der Waals surface area contributed by atoms with Gasteiger partial charge in [-0.25, -0.2) is 0 Å². The molecule has 1 aromatic heterocycles. The number of fused-ring (bicyclic) bond motifs is 1. The van der Waals surface area contributed by atoms with Gasteiger partial charge < -0.3 is 9.47 Å². The first-order valence-corrected chi connectivity index (χ1v) is 11.7. The second-order valence-electron chi connectivity index (χ2n) is 8.30. The molecule has 7 heteroatoms. The first-order chi connectivity index (χ1) is 15.5. The summed E-state index contributed by atoms with van der Waals surface area (Å²) < 4.78 is 11.0. The van der Waals surface area contributed by atoms with Crippen LogP contribution in [0.15, 0.2) is 30.3 Å².